The first-order valence-corrected chi connectivity index (χ1v) is 18.4. The van der Waals surface area contributed by atoms with Crippen molar-refractivity contribution in [3.05, 3.63) is 0 Å². The van der Waals surface area contributed by atoms with Crippen LogP contribution in [0.5, 0.6) is 0 Å². The lowest BCUT2D eigenvalue weighted by Gasteiger charge is -2.16. The highest BCUT2D eigenvalue weighted by molar-refractivity contribution is 7.80. The number of hydrogen-bond acceptors (Lipinski definition) is 1. The molecule has 0 aliphatic rings. The minimum atomic E-state index is 0.650. The van der Waals surface area contributed by atoms with E-state index in [1.54, 1.807) is 0 Å². The van der Waals surface area contributed by atoms with Crippen molar-refractivity contribution in [2.75, 3.05) is 0 Å². The zero-order valence-electron chi connectivity index (χ0n) is 26.5. The van der Waals surface area contributed by atoms with E-state index in [2.05, 4.69) is 20.8 Å². The SMILES string of the molecule is CCCCCCCCCCCCCCCC(S)CCCC(CC)CCCCCCCCCCCCCC. The second kappa shape index (κ2) is 32.6. The number of rotatable bonds is 32. The summed E-state index contributed by atoms with van der Waals surface area (Å²) in [7, 11) is 0. The Hall–Kier alpha value is 0.350. The van der Waals surface area contributed by atoms with Crippen LogP contribution in [0.25, 0.3) is 0 Å². The van der Waals surface area contributed by atoms with Crippen molar-refractivity contribution in [1.82, 2.24) is 0 Å². The van der Waals surface area contributed by atoms with Crippen LogP contribution in [0.15, 0.2) is 0 Å². The monoisotopic (exact) mass is 539 g/mol. The van der Waals surface area contributed by atoms with Gasteiger partial charge in [0.05, 0.1) is 0 Å². The predicted molar refractivity (Wildman–Crippen MR) is 176 cm³/mol. The Morgan fingerprint density at radius 2 is 0.595 bits per heavy atom. The van der Waals surface area contributed by atoms with E-state index in [4.69, 9.17) is 12.6 Å². The maximum absolute atomic E-state index is 4.93. The van der Waals surface area contributed by atoms with Crippen molar-refractivity contribution < 1.29 is 0 Å². The maximum Gasteiger partial charge on any atom is 0.00168 e. The molecule has 0 radical (unpaired) electrons. The highest BCUT2D eigenvalue weighted by Crippen LogP contribution is 2.24. The summed E-state index contributed by atoms with van der Waals surface area (Å²) in [6.07, 6.45) is 44.8. The van der Waals surface area contributed by atoms with E-state index >= 15 is 0 Å². The Morgan fingerprint density at radius 1 is 0.324 bits per heavy atom. The van der Waals surface area contributed by atoms with Crippen LogP contribution in [-0.2, 0) is 0 Å². The molecule has 0 saturated carbocycles. The topological polar surface area (TPSA) is 0 Å². The van der Waals surface area contributed by atoms with Crippen molar-refractivity contribution >= 4 is 12.6 Å². The predicted octanol–water partition coefficient (Wildman–Crippen LogP) is 14.1. The molecule has 0 bridgehead atoms. The van der Waals surface area contributed by atoms with Crippen molar-refractivity contribution in [2.45, 2.75) is 225 Å². The van der Waals surface area contributed by atoms with Crippen molar-refractivity contribution in [2.24, 2.45) is 5.92 Å². The van der Waals surface area contributed by atoms with Gasteiger partial charge in [-0.05, 0) is 18.8 Å². The highest BCUT2D eigenvalue weighted by Gasteiger charge is 2.09. The number of thiol groups is 1. The van der Waals surface area contributed by atoms with Crippen molar-refractivity contribution in [3.63, 3.8) is 0 Å². The molecule has 0 fully saturated rings. The van der Waals surface area contributed by atoms with Crippen LogP contribution in [0.4, 0.5) is 0 Å². The molecule has 2 unspecified atom stereocenters. The summed E-state index contributed by atoms with van der Waals surface area (Å²) >= 11 is 4.93. The normalized spacial score (nSPS) is 13.3. The molecule has 0 aromatic heterocycles. The van der Waals surface area contributed by atoms with Gasteiger partial charge in [-0.2, -0.15) is 12.6 Å². The second-order valence-corrected chi connectivity index (χ2v) is 13.3. The first-order valence-electron chi connectivity index (χ1n) is 17.9. The average Bonchev–Trinajstić information content (AvgIpc) is 2.90. The van der Waals surface area contributed by atoms with Crippen LogP contribution in [-0.4, -0.2) is 5.25 Å². The lowest BCUT2D eigenvalue weighted by atomic mass is 9.92. The fraction of sp³-hybridized carbons (Fsp3) is 1.00. The molecule has 0 heterocycles. The van der Waals surface area contributed by atoms with Gasteiger partial charge in [-0.3, -0.25) is 0 Å². The lowest BCUT2D eigenvalue weighted by Crippen LogP contribution is -2.03. The van der Waals surface area contributed by atoms with Gasteiger partial charge in [-0.1, -0.05) is 207 Å². The first kappa shape index (κ1) is 37.4. The van der Waals surface area contributed by atoms with Gasteiger partial charge in [0.25, 0.3) is 0 Å². The molecule has 0 nitrogen and oxygen atoms in total. The van der Waals surface area contributed by atoms with Crippen LogP contribution in [0.2, 0.25) is 0 Å². The van der Waals surface area contributed by atoms with Crippen molar-refractivity contribution in [3.8, 4) is 0 Å². The molecule has 0 aromatic carbocycles. The molecule has 0 amide bonds. The van der Waals surface area contributed by atoms with Gasteiger partial charge in [0.15, 0.2) is 0 Å². The standard InChI is InChI=1S/C36H74S/c1-4-7-9-11-13-15-17-19-21-23-25-27-29-33-36(37)34-30-32-35(6-3)31-28-26-24-22-20-18-16-14-12-10-8-5-2/h35-37H,4-34H2,1-3H3. The second-order valence-electron chi connectivity index (χ2n) is 12.6. The van der Waals surface area contributed by atoms with E-state index in [-0.39, 0.29) is 0 Å². The van der Waals surface area contributed by atoms with Crippen LogP contribution >= 0.6 is 12.6 Å². The Labute approximate surface area is 243 Å². The van der Waals surface area contributed by atoms with E-state index < -0.39 is 0 Å². The Balaban J connectivity index is 3.38. The summed E-state index contributed by atoms with van der Waals surface area (Å²) in [5.41, 5.74) is 0. The van der Waals surface area contributed by atoms with Crippen LogP contribution in [0.1, 0.15) is 220 Å². The third-order valence-electron chi connectivity index (χ3n) is 8.83. The van der Waals surface area contributed by atoms with Gasteiger partial charge in [-0.15, -0.1) is 0 Å². The van der Waals surface area contributed by atoms with E-state index in [9.17, 15) is 0 Å². The molecule has 0 aliphatic carbocycles. The van der Waals surface area contributed by atoms with Crippen LogP contribution in [0.3, 0.4) is 0 Å². The third-order valence-corrected chi connectivity index (χ3v) is 9.35. The fourth-order valence-electron chi connectivity index (χ4n) is 6.01. The fourth-order valence-corrected chi connectivity index (χ4v) is 6.38. The molecule has 0 rings (SSSR count). The van der Waals surface area contributed by atoms with Crippen LogP contribution < -0.4 is 0 Å². The average molecular weight is 539 g/mol. The van der Waals surface area contributed by atoms with Gasteiger partial charge in [-0.25, -0.2) is 0 Å². The van der Waals surface area contributed by atoms with E-state index in [0.29, 0.717) is 5.25 Å². The van der Waals surface area contributed by atoms with Gasteiger partial charge >= 0.3 is 0 Å². The number of unbranched alkanes of at least 4 members (excludes halogenated alkanes) is 23. The maximum atomic E-state index is 4.93. The minimum absolute atomic E-state index is 0.650. The van der Waals surface area contributed by atoms with Gasteiger partial charge in [0.2, 0.25) is 0 Å². The van der Waals surface area contributed by atoms with E-state index in [0.717, 1.165) is 5.92 Å². The molecule has 37 heavy (non-hydrogen) atoms. The first-order chi connectivity index (χ1) is 18.2. The zero-order valence-corrected chi connectivity index (χ0v) is 27.4. The molecule has 0 spiro atoms. The quantitative estimate of drug-likeness (QED) is 0.0638. The molecule has 0 aromatic rings. The van der Waals surface area contributed by atoms with Crippen LogP contribution in [0, 0.1) is 5.92 Å². The Kier molecular flexibility index (Phi) is 32.9. The molecule has 0 saturated heterocycles. The molecular formula is C36H74S. The third kappa shape index (κ3) is 30.7. The lowest BCUT2D eigenvalue weighted by molar-refractivity contribution is 0.393. The largest absolute Gasteiger partial charge is 0.176 e. The summed E-state index contributed by atoms with van der Waals surface area (Å²) in [5, 5.41) is 0.650. The summed E-state index contributed by atoms with van der Waals surface area (Å²) in [5.74, 6) is 0.972. The summed E-state index contributed by atoms with van der Waals surface area (Å²) in [6, 6.07) is 0. The summed E-state index contributed by atoms with van der Waals surface area (Å²) in [4.78, 5) is 0. The molecule has 0 N–H and O–H groups in total. The molecule has 2 atom stereocenters. The minimum Gasteiger partial charge on any atom is -0.176 e. The summed E-state index contributed by atoms with van der Waals surface area (Å²) < 4.78 is 0. The highest BCUT2D eigenvalue weighted by atomic mass is 32.1. The van der Waals surface area contributed by atoms with Crippen molar-refractivity contribution in [1.29, 1.82) is 0 Å². The Bertz CT molecular complexity index is 392. The van der Waals surface area contributed by atoms with Gasteiger partial charge in [0, 0.05) is 5.25 Å². The van der Waals surface area contributed by atoms with Gasteiger partial charge < -0.3 is 0 Å². The molecule has 1 heteroatoms. The van der Waals surface area contributed by atoms with Gasteiger partial charge in [0.1, 0.15) is 0 Å². The molecular weight excluding hydrogens is 464 g/mol. The molecule has 0 aliphatic heterocycles. The Morgan fingerprint density at radius 3 is 0.946 bits per heavy atom. The smallest absolute Gasteiger partial charge is 0.00168 e. The number of hydrogen-bond donors (Lipinski definition) is 1. The van der Waals surface area contributed by atoms with E-state index in [1.165, 1.54) is 199 Å². The zero-order chi connectivity index (χ0) is 27.1. The summed E-state index contributed by atoms with van der Waals surface area (Å²) in [6.45, 7) is 7.03. The molecule has 224 valence electrons. The van der Waals surface area contributed by atoms with E-state index in [1.807, 2.05) is 0 Å².